The van der Waals surface area contributed by atoms with Crippen molar-refractivity contribution in [1.82, 2.24) is 15.2 Å². The van der Waals surface area contributed by atoms with E-state index in [1.54, 1.807) is 19.3 Å². The van der Waals surface area contributed by atoms with E-state index < -0.39 is 0 Å². The minimum atomic E-state index is -0.0946. The summed E-state index contributed by atoms with van der Waals surface area (Å²) in [6, 6.07) is 3.60. The van der Waals surface area contributed by atoms with E-state index in [9.17, 15) is 4.79 Å². The fourth-order valence-corrected chi connectivity index (χ4v) is 2.37. The fraction of sp³-hybridized carbons (Fsp3) is 0.467. The van der Waals surface area contributed by atoms with Gasteiger partial charge in [-0.05, 0) is 12.1 Å². The van der Waals surface area contributed by atoms with Crippen LogP contribution < -0.4 is 10.2 Å². The molecule has 0 bridgehead atoms. The maximum Gasteiger partial charge on any atom is 0.254 e. The van der Waals surface area contributed by atoms with E-state index in [4.69, 9.17) is 6.42 Å². The zero-order valence-corrected chi connectivity index (χ0v) is 11.8. The number of carbonyl (C=O) groups excluding carboxylic acids is 1. The number of amides is 1. The van der Waals surface area contributed by atoms with Gasteiger partial charge in [-0.25, -0.2) is 4.98 Å². The first kappa shape index (κ1) is 14.4. The Bertz CT molecular complexity index is 501. The van der Waals surface area contributed by atoms with Crippen molar-refractivity contribution in [3.8, 4) is 12.3 Å². The first-order valence-corrected chi connectivity index (χ1v) is 6.84. The highest BCUT2D eigenvalue weighted by atomic mass is 16.1. The molecule has 0 saturated carbocycles. The molecular weight excluding hydrogens is 252 g/mol. The summed E-state index contributed by atoms with van der Waals surface area (Å²) in [4.78, 5) is 20.8. The highest BCUT2D eigenvalue weighted by Gasteiger charge is 2.21. The maximum absolute atomic E-state index is 11.9. The topological polar surface area (TPSA) is 48.5 Å². The molecule has 1 amide bonds. The second-order valence-electron chi connectivity index (χ2n) is 4.74. The zero-order valence-electron chi connectivity index (χ0n) is 11.8. The van der Waals surface area contributed by atoms with Crippen LogP contribution in [0, 0.1) is 12.3 Å². The van der Waals surface area contributed by atoms with Gasteiger partial charge in [-0.3, -0.25) is 9.69 Å². The van der Waals surface area contributed by atoms with Crippen LogP contribution in [0.1, 0.15) is 16.8 Å². The largest absolute Gasteiger partial charge is 0.355 e. The Hall–Kier alpha value is -2.06. The lowest BCUT2D eigenvalue weighted by Crippen LogP contribution is -2.47. The van der Waals surface area contributed by atoms with Gasteiger partial charge in [-0.1, -0.05) is 0 Å². The molecule has 0 aliphatic carbocycles. The average molecular weight is 272 g/mol. The molecule has 1 saturated heterocycles. The Kier molecular flexibility index (Phi) is 4.97. The Morgan fingerprint density at radius 2 is 2.20 bits per heavy atom. The summed E-state index contributed by atoms with van der Waals surface area (Å²) in [5.74, 6) is 3.34. The van der Waals surface area contributed by atoms with Crippen molar-refractivity contribution in [3.63, 3.8) is 0 Å². The van der Waals surface area contributed by atoms with Crippen molar-refractivity contribution in [1.29, 1.82) is 0 Å². The van der Waals surface area contributed by atoms with Gasteiger partial charge in [0, 0.05) is 52.4 Å². The van der Waals surface area contributed by atoms with Crippen LogP contribution in [0.5, 0.6) is 0 Å². The maximum atomic E-state index is 11.9. The molecule has 5 nitrogen and oxygen atoms in total. The molecule has 5 heteroatoms. The van der Waals surface area contributed by atoms with Crippen LogP contribution in [0.4, 0.5) is 5.82 Å². The second-order valence-corrected chi connectivity index (χ2v) is 4.74. The van der Waals surface area contributed by atoms with E-state index in [-0.39, 0.29) is 5.91 Å². The van der Waals surface area contributed by atoms with Gasteiger partial charge in [-0.15, -0.1) is 12.3 Å². The van der Waals surface area contributed by atoms with Crippen LogP contribution in [-0.2, 0) is 0 Å². The third-order valence-electron chi connectivity index (χ3n) is 3.50. The number of nitrogens with zero attached hydrogens (tertiary/aromatic N) is 3. The van der Waals surface area contributed by atoms with Gasteiger partial charge in [0.05, 0.1) is 5.56 Å². The molecule has 1 aromatic heterocycles. The number of nitrogens with one attached hydrogen (secondary N) is 1. The summed E-state index contributed by atoms with van der Waals surface area (Å²) < 4.78 is 0. The van der Waals surface area contributed by atoms with Crippen LogP contribution in [0.3, 0.4) is 0 Å². The van der Waals surface area contributed by atoms with Crippen LogP contribution in [0.15, 0.2) is 18.3 Å². The summed E-state index contributed by atoms with van der Waals surface area (Å²) in [7, 11) is 1.64. The number of carbonyl (C=O) groups is 1. The predicted octanol–water partition coefficient (Wildman–Crippen LogP) is 0.586. The summed E-state index contributed by atoms with van der Waals surface area (Å²) >= 11 is 0. The van der Waals surface area contributed by atoms with E-state index in [2.05, 4.69) is 26.0 Å². The molecule has 1 aliphatic rings. The van der Waals surface area contributed by atoms with Crippen molar-refractivity contribution in [3.05, 3.63) is 23.9 Å². The molecule has 1 fully saturated rings. The van der Waals surface area contributed by atoms with Crippen LogP contribution >= 0.6 is 0 Å². The number of hydrogen-bond donors (Lipinski definition) is 1. The number of hydrogen-bond acceptors (Lipinski definition) is 4. The average Bonchev–Trinajstić information content (AvgIpc) is 2.52. The molecule has 0 atom stereocenters. The number of pyridine rings is 1. The van der Waals surface area contributed by atoms with E-state index in [1.165, 1.54) is 0 Å². The predicted molar refractivity (Wildman–Crippen MR) is 79.7 cm³/mol. The number of terminal acetylenes is 1. The molecule has 2 rings (SSSR count). The molecule has 0 unspecified atom stereocenters. The number of aromatic nitrogens is 1. The Labute approximate surface area is 120 Å². The number of piperazine rings is 1. The highest BCUT2D eigenvalue weighted by Crippen LogP contribution is 2.18. The first-order chi connectivity index (χ1) is 9.76. The lowest BCUT2D eigenvalue weighted by molar-refractivity contribution is 0.0963. The quantitative estimate of drug-likeness (QED) is 0.815. The molecule has 1 N–H and O–H groups in total. The Morgan fingerprint density at radius 1 is 1.45 bits per heavy atom. The van der Waals surface area contributed by atoms with Crippen molar-refractivity contribution < 1.29 is 4.79 Å². The van der Waals surface area contributed by atoms with E-state index in [0.29, 0.717) is 5.56 Å². The van der Waals surface area contributed by atoms with Gasteiger partial charge in [0.1, 0.15) is 5.82 Å². The van der Waals surface area contributed by atoms with Crippen LogP contribution in [0.25, 0.3) is 0 Å². The smallest absolute Gasteiger partial charge is 0.254 e. The molecule has 0 aromatic carbocycles. The normalized spacial score (nSPS) is 15.7. The van der Waals surface area contributed by atoms with Gasteiger partial charge in [0.2, 0.25) is 0 Å². The molecule has 0 radical (unpaired) electrons. The van der Waals surface area contributed by atoms with E-state index in [1.807, 2.05) is 6.07 Å². The van der Waals surface area contributed by atoms with Gasteiger partial charge in [0.15, 0.2) is 0 Å². The van der Waals surface area contributed by atoms with E-state index >= 15 is 0 Å². The van der Waals surface area contributed by atoms with Crippen molar-refractivity contribution in [2.45, 2.75) is 6.42 Å². The number of anilines is 1. The lowest BCUT2D eigenvalue weighted by atomic mass is 10.2. The van der Waals surface area contributed by atoms with E-state index in [0.717, 1.165) is 45.0 Å². The van der Waals surface area contributed by atoms with Crippen molar-refractivity contribution in [2.75, 3.05) is 44.7 Å². The molecule has 2 heterocycles. The van der Waals surface area contributed by atoms with Gasteiger partial charge in [-0.2, -0.15) is 0 Å². The molecule has 1 aromatic rings. The first-order valence-electron chi connectivity index (χ1n) is 6.84. The summed E-state index contributed by atoms with van der Waals surface area (Å²) in [5.41, 5.74) is 0.632. The molecular formula is C15H20N4O. The minimum absolute atomic E-state index is 0.0946. The standard InChI is InChI=1S/C15H20N4O/c1-3-4-8-18-9-11-19(12-10-18)14-13(15(20)16-2)6-5-7-17-14/h1,5-7H,4,8-12H2,2H3,(H,16,20). The van der Waals surface area contributed by atoms with Crippen LogP contribution in [0.2, 0.25) is 0 Å². The summed E-state index contributed by atoms with van der Waals surface area (Å²) in [6.07, 6.45) is 7.80. The third-order valence-corrected chi connectivity index (χ3v) is 3.50. The Morgan fingerprint density at radius 3 is 2.85 bits per heavy atom. The van der Waals surface area contributed by atoms with Gasteiger partial charge < -0.3 is 10.2 Å². The minimum Gasteiger partial charge on any atom is -0.355 e. The lowest BCUT2D eigenvalue weighted by Gasteiger charge is -2.35. The zero-order chi connectivity index (χ0) is 14.4. The van der Waals surface area contributed by atoms with Crippen LogP contribution in [-0.4, -0.2) is 55.6 Å². The van der Waals surface area contributed by atoms with Crippen molar-refractivity contribution >= 4 is 11.7 Å². The second kappa shape index (κ2) is 6.92. The monoisotopic (exact) mass is 272 g/mol. The third kappa shape index (κ3) is 3.28. The highest BCUT2D eigenvalue weighted by molar-refractivity contribution is 5.98. The fourth-order valence-electron chi connectivity index (χ4n) is 2.37. The van der Waals surface area contributed by atoms with Gasteiger partial charge >= 0.3 is 0 Å². The van der Waals surface area contributed by atoms with Crippen molar-refractivity contribution in [2.24, 2.45) is 0 Å². The molecule has 1 aliphatic heterocycles. The molecule has 20 heavy (non-hydrogen) atoms. The number of rotatable bonds is 4. The summed E-state index contributed by atoms with van der Waals surface area (Å²) in [6.45, 7) is 4.57. The van der Waals surface area contributed by atoms with Gasteiger partial charge in [0.25, 0.3) is 5.91 Å². The molecule has 0 spiro atoms. The Balaban J connectivity index is 2.04. The SMILES string of the molecule is C#CCCN1CCN(c2ncccc2C(=O)NC)CC1. The molecule has 106 valence electrons. The summed E-state index contributed by atoms with van der Waals surface area (Å²) in [5, 5.41) is 2.66.